The number of ether oxygens (including phenoxy) is 1. The minimum Gasteiger partial charge on any atom is -0.497 e. The van der Waals surface area contributed by atoms with Crippen LogP contribution < -0.4 is 15.4 Å². The van der Waals surface area contributed by atoms with Gasteiger partial charge in [-0.05, 0) is 73.7 Å². The highest BCUT2D eigenvalue weighted by Crippen LogP contribution is 2.23. The quantitative estimate of drug-likeness (QED) is 0.776. The number of urea groups is 1. The van der Waals surface area contributed by atoms with Gasteiger partial charge in [-0.2, -0.15) is 0 Å². The van der Waals surface area contributed by atoms with Crippen LogP contribution in [0.3, 0.4) is 0 Å². The Hall–Kier alpha value is -1.76. The van der Waals surface area contributed by atoms with Crippen molar-refractivity contribution in [3.05, 3.63) is 28.2 Å². The highest BCUT2D eigenvalue weighted by molar-refractivity contribution is 9.10. The minimum atomic E-state index is -0.230. The van der Waals surface area contributed by atoms with Gasteiger partial charge in [0.15, 0.2) is 0 Å². The lowest BCUT2D eigenvalue weighted by atomic mass is 9.96. The first-order valence-corrected chi connectivity index (χ1v) is 9.67. The zero-order valence-corrected chi connectivity index (χ0v) is 17.5. The zero-order valence-electron chi connectivity index (χ0n) is 15.9. The minimum absolute atomic E-state index is 0.0136. The average molecular weight is 426 g/mol. The van der Waals surface area contributed by atoms with E-state index in [0.717, 1.165) is 17.3 Å². The first-order valence-electron chi connectivity index (χ1n) is 8.88. The summed E-state index contributed by atoms with van der Waals surface area (Å²) in [6, 6.07) is 5.32. The van der Waals surface area contributed by atoms with Crippen molar-refractivity contribution in [2.24, 2.45) is 5.92 Å². The van der Waals surface area contributed by atoms with Gasteiger partial charge in [0.05, 0.1) is 12.7 Å². The first-order chi connectivity index (χ1) is 12.2. The summed E-state index contributed by atoms with van der Waals surface area (Å²) >= 11 is 3.41. The van der Waals surface area contributed by atoms with Crippen LogP contribution in [0, 0.1) is 5.92 Å². The van der Waals surface area contributed by atoms with Crippen molar-refractivity contribution in [2.45, 2.75) is 39.2 Å². The van der Waals surface area contributed by atoms with Crippen LogP contribution in [0.2, 0.25) is 0 Å². The van der Waals surface area contributed by atoms with Crippen molar-refractivity contribution in [3.8, 4) is 5.75 Å². The molecule has 0 radical (unpaired) electrons. The van der Waals surface area contributed by atoms with E-state index in [1.165, 1.54) is 0 Å². The van der Waals surface area contributed by atoms with Gasteiger partial charge in [0, 0.05) is 29.6 Å². The second kappa shape index (κ2) is 8.75. The van der Waals surface area contributed by atoms with Gasteiger partial charge in [0.25, 0.3) is 5.91 Å². The maximum Gasteiger partial charge on any atom is 0.317 e. The summed E-state index contributed by atoms with van der Waals surface area (Å²) in [6.45, 7) is 7.96. The summed E-state index contributed by atoms with van der Waals surface area (Å²) < 4.78 is 5.92. The molecule has 0 spiro atoms. The Morgan fingerprint density at radius 1 is 1.27 bits per heavy atom. The molecule has 3 amide bonds. The van der Waals surface area contributed by atoms with Gasteiger partial charge in [-0.3, -0.25) is 4.79 Å². The van der Waals surface area contributed by atoms with E-state index in [-0.39, 0.29) is 17.5 Å². The molecule has 1 fully saturated rings. The number of halogens is 1. The van der Waals surface area contributed by atoms with E-state index >= 15 is 0 Å². The number of amides is 3. The molecule has 144 valence electrons. The lowest BCUT2D eigenvalue weighted by molar-refractivity contribution is 0.0936. The number of hydrogen-bond donors (Lipinski definition) is 2. The molecule has 7 heteroatoms. The van der Waals surface area contributed by atoms with E-state index in [4.69, 9.17) is 4.74 Å². The van der Waals surface area contributed by atoms with Crippen LogP contribution in [0.15, 0.2) is 22.7 Å². The van der Waals surface area contributed by atoms with Gasteiger partial charge in [0.1, 0.15) is 5.75 Å². The average Bonchev–Trinajstić information content (AvgIpc) is 2.59. The van der Waals surface area contributed by atoms with Crippen molar-refractivity contribution in [1.82, 2.24) is 15.5 Å². The molecule has 0 bridgehead atoms. The van der Waals surface area contributed by atoms with Crippen LogP contribution in [0.5, 0.6) is 5.75 Å². The van der Waals surface area contributed by atoms with Crippen molar-refractivity contribution < 1.29 is 14.3 Å². The highest BCUT2D eigenvalue weighted by Gasteiger charge is 2.25. The van der Waals surface area contributed by atoms with E-state index in [0.29, 0.717) is 36.9 Å². The normalized spacial score (nSPS) is 15.5. The second-order valence-corrected chi connectivity index (χ2v) is 8.52. The maximum atomic E-state index is 12.4. The van der Waals surface area contributed by atoms with Gasteiger partial charge >= 0.3 is 6.03 Å². The molecule has 0 saturated carbocycles. The van der Waals surface area contributed by atoms with Crippen LogP contribution in [-0.2, 0) is 0 Å². The largest absolute Gasteiger partial charge is 0.497 e. The summed E-state index contributed by atoms with van der Waals surface area (Å²) in [5, 5.41) is 5.99. The second-order valence-electron chi connectivity index (χ2n) is 7.67. The number of nitrogens with one attached hydrogen (secondary N) is 2. The third kappa shape index (κ3) is 5.90. The summed E-state index contributed by atoms with van der Waals surface area (Å²) in [4.78, 5) is 26.5. The van der Waals surface area contributed by atoms with E-state index in [9.17, 15) is 9.59 Å². The van der Waals surface area contributed by atoms with Gasteiger partial charge in [0.2, 0.25) is 0 Å². The molecule has 0 aromatic heterocycles. The fraction of sp³-hybridized carbons (Fsp3) is 0.579. The number of benzene rings is 1. The Morgan fingerprint density at radius 3 is 2.50 bits per heavy atom. The Morgan fingerprint density at radius 2 is 1.92 bits per heavy atom. The third-order valence-electron chi connectivity index (χ3n) is 4.35. The van der Waals surface area contributed by atoms with E-state index in [1.807, 2.05) is 25.7 Å². The Labute approximate surface area is 163 Å². The summed E-state index contributed by atoms with van der Waals surface area (Å²) in [6.07, 6.45) is 1.77. The van der Waals surface area contributed by atoms with Crippen molar-refractivity contribution in [2.75, 3.05) is 26.7 Å². The fourth-order valence-corrected chi connectivity index (χ4v) is 3.30. The third-order valence-corrected chi connectivity index (χ3v) is 5.04. The molecule has 26 heavy (non-hydrogen) atoms. The summed E-state index contributed by atoms with van der Waals surface area (Å²) in [5.74, 6) is 0.905. The first kappa shape index (κ1) is 20.6. The van der Waals surface area contributed by atoms with Crippen LogP contribution >= 0.6 is 15.9 Å². The maximum absolute atomic E-state index is 12.4. The van der Waals surface area contributed by atoms with Gasteiger partial charge in [-0.15, -0.1) is 0 Å². The summed E-state index contributed by atoms with van der Waals surface area (Å²) in [5.41, 5.74) is 0.331. The molecule has 2 N–H and O–H groups in total. The molecule has 1 aromatic carbocycles. The van der Waals surface area contributed by atoms with Crippen LogP contribution in [0.1, 0.15) is 44.0 Å². The molecule has 1 heterocycles. The van der Waals surface area contributed by atoms with Crippen molar-refractivity contribution >= 4 is 27.9 Å². The molecule has 2 rings (SSSR count). The molecule has 0 atom stereocenters. The predicted molar refractivity (Wildman–Crippen MR) is 106 cm³/mol. The van der Waals surface area contributed by atoms with Crippen molar-refractivity contribution in [1.29, 1.82) is 0 Å². The molecule has 0 aliphatic carbocycles. The molecular formula is C19H28BrN3O3. The Bertz CT molecular complexity index is 650. The Balaban J connectivity index is 1.81. The van der Waals surface area contributed by atoms with Gasteiger partial charge in [-0.1, -0.05) is 0 Å². The van der Waals surface area contributed by atoms with E-state index in [1.54, 1.807) is 25.3 Å². The molecule has 1 saturated heterocycles. The zero-order chi connectivity index (χ0) is 19.3. The predicted octanol–water partition coefficient (Wildman–Crippen LogP) is 3.41. The monoisotopic (exact) mass is 425 g/mol. The number of likely N-dealkylation sites (tertiary alicyclic amines) is 1. The lowest BCUT2D eigenvalue weighted by Crippen LogP contribution is -2.51. The van der Waals surface area contributed by atoms with E-state index < -0.39 is 0 Å². The number of hydrogen-bond acceptors (Lipinski definition) is 3. The number of carbonyl (C=O) groups excluding carboxylic acids is 2. The fourth-order valence-electron chi connectivity index (χ4n) is 2.88. The number of piperidine rings is 1. The SMILES string of the molecule is COc1ccc(Br)c(C(=O)NCC2CCN(C(=O)NC(C)(C)C)CC2)c1. The Kier molecular flexibility index (Phi) is 6.92. The van der Waals surface area contributed by atoms with Gasteiger partial charge in [-0.25, -0.2) is 4.79 Å². The number of methoxy groups -OCH3 is 1. The van der Waals surface area contributed by atoms with Crippen LogP contribution in [0.25, 0.3) is 0 Å². The molecule has 0 unspecified atom stereocenters. The number of nitrogens with zero attached hydrogens (tertiary/aromatic N) is 1. The topological polar surface area (TPSA) is 70.7 Å². The van der Waals surface area contributed by atoms with E-state index in [2.05, 4.69) is 26.6 Å². The van der Waals surface area contributed by atoms with Crippen molar-refractivity contribution in [3.63, 3.8) is 0 Å². The molecule has 1 aliphatic heterocycles. The molecule has 1 aliphatic rings. The molecular weight excluding hydrogens is 398 g/mol. The summed E-state index contributed by atoms with van der Waals surface area (Å²) in [7, 11) is 1.58. The number of rotatable bonds is 4. The van der Waals surface area contributed by atoms with Gasteiger partial charge < -0.3 is 20.3 Å². The molecule has 6 nitrogen and oxygen atoms in total. The van der Waals surface area contributed by atoms with Crippen LogP contribution in [-0.4, -0.2) is 49.1 Å². The lowest BCUT2D eigenvalue weighted by Gasteiger charge is -2.34. The smallest absolute Gasteiger partial charge is 0.317 e. The molecule has 1 aromatic rings. The number of carbonyl (C=O) groups is 2. The van der Waals surface area contributed by atoms with Crippen LogP contribution in [0.4, 0.5) is 4.79 Å². The highest BCUT2D eigenvalue weighted by atomic mass is 79.9. The standard InChI is InChI=1S/C19H28BrN3O3/c1-19(2,3)22-18(25)23-9-7-13(8-10-23)12-21-17(24)15-11-14(26-4)5-6-16(15)20/h5-6,11,13H,7-10,12H2,1-4H3,(H,21,24)(H,22,25).